The Balaban J connectivity index is 2.89. The zero-order chi connectivity index (χ0) is 20.4. The Labute approximate surface area is 162 Å². The fourth-order valence-electron chi connectivity index (χ4n) is 2.96. The van der Waals surface area contributed by atoms with Crippen molar-refractivity contribution >= 4 is 12.0 Å². The van der Waals surface area contributed by atoms with Crippen molar-refractivity contribution in [3.8, 4) is 0 Å². The van der Waals surface area contributed by atoms with Crippen LogP contribution in [0.3, 0.4) is 0 Å². The van der Waals surface area contributed by atoms with Crippen LogP contribution >= 0.6 is 0 Å². The maximum Gasteiger partial charge on any atom is 0.409 e. The molecule has 0 saturated heterocycles. The number of hydrogen-bond acceptors (Lipinski definition) is 5. The molecule has 0 aliphatic rings. The first-order valence-corrected chi connectivity index (χ1v) is 9.32. The van der Waals surface area contributed by atoms with Crippen LogP contribution in [0.25, 0.3) is 0 Å². The molecule has 2 amide bonds. The van der Waals surface area contributed by atoms with Crippen molar-refractivity contribution in [1.29, 1.82) is 0 Å². The van der Waals surface area contributed by atoms with Gasteiger partial charge in [0, 0.05) is 39.6 Å². The monoisotopic (exact) mass is 378 g/mol. The van der Waals surface area contributed by atoms with Crippen molar-refractivity contribution in [2.75, 3.05) is 47.8 Å². The predicted octanol–water partition coefficient (Wildman–Crippen LogP) is 1.18. The van der Waals surface area contributed by atoms with Gasteiger partial charge in [-0.05, 0) is 33.0 Å². The van der Waals surface area contributed by atoms with Gasteiger partial charge in [-0.1, -0.05) is 30.3 Å². The van der Waals surface area contributed by atoms with Gasteiger partial charge in [-0.25, -0.2) is 4.79 Å². The summed E-state index contributed by atoms with van der Waals surface area (Å²) in [5, 5.41) is 2.67. The minimum atomic E-state index is -0.453. The van der Waals surface area contributed by atoms with Crippen molar-refractivity contribution in [3.63, 3.8) is 0 Å². The van der Waals surface area contributed by atoms with Crippen LogP contribution in [0.15, 0.2) is 30.3 Å². The third kappa shape index (κ3) is 7.56. The lowest BCUT2D eigenvalue weighted by Crippen LogP contribution is -2.45. The Morgan fingerprint density at radius 1 is 1.15 bits per heavy atom. The Bertz CT molecular complexity index is 580. The van der Waals surface area contributed by atoms with Gasteiger partial charge in [0.1, 0.15) is 6.10 Å². The molecule has 0 aliphatic carbocycles. The number of carbonyl (C=O) groups excluding carboxylic acids is 2. The molecular formula is C20H34N4O3. The van der Waals surface area contributed by atoms with E-state index in [0.717, 1.165) is 12.1 Å². The molecule has 2 unspecified atom stereocenters. The molecule has 0 bridgehead atoms. The summed E-state index contributed by atoms with van der Waals surface area (Å²) in [6, 6.07) is 9.86. The van der Waals surface area contributed by atoms with Crippen molar-refractivity contribution < 1.29 is 14.3 Å². The van der Waals surface area contributed by atoms with Crippen LogP contribution in [-0.2, 0) is 16.0 Å². The van der Waals surface area contributed by atoms with Gasteiger partial charge in [-0.2, -0.15) is 0 Å². The van der Waals surface area contributed by atoms with Crippen LogP contribution in [-0.4, -0.2) is 75.7 Å². The third-order valence-corrected chi connectivity index (χ3v) is 4.75. The molecule has 1 aromatic carbocycles. The SMILES string of the molecule is CNC(=O)C(CN)C(Cc1ccccc1)[C@@H](C)OC(=O)N(C)CCN(C)C. The predicted molar refractivity (Wildman–Crippen MR) is 107 cm³/mol. The minimum Gasteiger partial charge on any atom is -0.446 e. The minimum absolute atomic E-state index is 0.137. The maximum atomic E-state index is 12.4. The maximum absolute atomic E-state index is 12.4. The number of benzene rings is 1. The van der Waals surface area contributed by atoms with E-state index in [1.807, 2.05) is 56.3 Å². The van der Waals surface area contributed by atoms with E-state index in [1.54, 1.807) is 19.0 Å². The van der Waals surface area contributed by atoms with Gasteiger partial charge >= 0.3 is 6.09 Å². The van der Waals surface area contributed by atoms with E-state index in [1.165, 1.54) is 0 Å². The number of nitrogens with two attached hydrogens (primary N) is 1. The number of amides is 2. The Morgan fingerprint density at radius 3 is 2.30 bits per heavy atom. The first kappa shape index (κ1) is 22.9. The second-order valence-electron chi connectivity index (χ2n) is 7.12. The number of nitrogens with zero attached hydrogens (tertiary/aromatic N) is 2. The van der Waals surface area contributed by atoms with Crippen LogP contribution in [0.5, 0.6) is 0 Å². The highest BCUT2D eigenvalue weighted by Gasteiger charge is 2.33. The fraction of sp³-hybridized carbons (Fsp3) is 0.600. The number of rotatable bonds is 10. The lowest BCUT2D eigenvalue weighted by Gasteiger charge is -2.31. The number of carbonyl (C=O) groups is 2. The number of nitrogens with one attached hydrogen (secondary N) is 1. The summed E-state index contributed by atoms with van der Waals surface area (Å²) in [6.07, 6.45) is -0.244. The second-order valence-corrected chi connectivity index (χ2v) is 7.12. The van der Waals surface area contributed by atoms with Crippen molar-refractivity contribution in [3.05, 3.63) is 35.9 Å². The van der Waals surface area contributed by atoms with Crippen LogP contribution in [0.2, 0.25) is 0 Å². The normalized spacial score (nSPS) is 14.3. The second kappa shape index (κ2) is 11.6. The van der Waals surface area contributed by atoms with Gasteiger partial charge in [0.25, 0.3) is 0 Å². The molecular weight excluding hydrogens is 344 g/mol. The summed E-state index contributed by atoms with van der Waals surface area (Å²) in [6.45, 7) is 3.33. The average Bonchev–Trinajstić information content (AvgIpc) is 2.66. The largest absolute Gasteiger partial charge is 0.446 e. The highest BCUT2D eigenvalue weighted by molar-refractivity contribution is 5.79. The summed E-state index contributed by atoms with van der Waals surface area (Å²) in [5.74, 6) is -0.795. The fourth-order valence-corrected chi connectivity index (χ4v) is 2.96. The lowest BCUT2D eigenvalue weighted by molar-refractivity contribution is -0.127. The van der Waals surface area contributed by atoms with E-state index in [9.17, 15) is 9.59 Å². The first-order chi connectivity index (χ1) is 12.8. The van der Waals surface area contributed by atoms with Gasteiger partial charge in [0.2, 0.25) is 5.91 Å². The van der Waals surface area contributed by atoms with E-state index in [4.69, 9.17) is 10.5 Å². The Kier molecular flexibility index (Phi) is 9.82. The molecule has 3 N–H and O–H groups in total. The van der Waals surface area contributed by atoms with Gasteiger partial charge < -0.3 is 25.6 Å². The van der Waals surface area contributed by atoms with Crippen LogP contribution in [0.4, 0.5) is 4.79 Å². The molecule has 3 atom stereocenters. The van der Waals surface area contributed by atoms with Crippen LogP contribution in [0, 0.1) is 11.8 Å². The quantitative estimate of drug-likeness (QED) is 0.638. The van der Waals surface area contributed by atoms with Crippen molar-refractivity contribution in [2.45, 2.75) is 19.4 Å². The van der Waals surface area contributed by atoms with Crippen LogP contribution in [0.1, 0.15) is 12.5 Å². The standard InChI is InChI=1S/C20H34N4O3/c1-15(27-20(26)24(5)12-11-23(3)4)17(18(14-21)19(25)22-2)13-16-9-7-6-8-10-16/h6-10,15,17-18H,11-14,21H2,1-5H3,(H,22,25)/t15-,17?,18?/m1/s1. The summed E-state index contributed by atoms with van der Waals surface area (Å²) in [4.78, 5) is 28.3. The molecule has 0 saturated carbocycles. The van der Waals surface area contributed by atoms with Crippen molar-refractivity contribution in [1.82, 2.24) is 15.1 Å². The molecule has 152 valence electrons. The van der Waals surface area contributed by atoms with E-state index < -0.39 is 18.1 Å². The Hall–Kier alpha value is -2.12. The molecule has 0 heterocycles. The van der Waals surface area contributed by atoms with E-state index in [0.29, 0.717) is 13.0 Å². The van der Waals surface area contributed by atoms with Gasteiger partial charge in [-0.3, -0.25) is 4.79 Å². The summed E-state index contributed by atoms with van der Waals surface area (Å²) < 4.78 is 5.69. The molecule has 1 aromatic rings. The average molecular weight is 379 g/mol. The third-order valence-electron chi connectivity index (χ3n) is 4.75. The van der Waals surface area contributed by atoms with Gasteiger partial charge in [-0.15, -0.1) is 0 Å². The van der Waals surface area contributed by atoms with Crippen molar-refractivity contribution in [2.24, 2.45) is 17.6 Å². The summed E-state index contributed by atoms with van der Waals surface area (Å²) in [7, 11) is 7.21. The molecule has 0 fully saturated rings. The zero-order valence-electron chi connectivity index (χ0n) is 17.1. The van der Waals surface area contributed by atoms with Gasteiger partial charge in [0.05, 0.1) is 5.92 Å². The van der Waals surface area contributed by atoms with Gasteiger partial charge in [0.15, 0.2) is 0 Å². The molecule has 1 rings (SSSR count). The first-order valence-electron chi connectivity index (χ1n) is 9.32. The highest BCUT2D eigenvalue weighted by atomic mass is 16.6. The topological polar surface area (TPSA) is 87.9 Å². The molecule has 0 aliphatic heterocycles. The number of ether oxygens (including phenoxy) is 1. The summed E-state index contributed by atoms with van der Waals surface area (Å²) in [5.41, 5.74) is 6.97. The van der Waals surface area contributed by atoms with Crippen LogP contribution < -0.4 is 11.1 Å². The molecule has 0 aromatic heterocycles. The number of hydrogen-bond donors (Lipinski definition) is 2. The van der Waals surface area contributed by atoms with E-state index in [2.05, 4.69) is 5.32 Å². The molecule has 0 spiro atoms. The lowest BCUT2D eigenvalue weighted by atomic mass is 9.82. The summed E-state index contributed by atoms with van der Waals surface area (Å²) >= 11 is 0. The number of likely N-dealkylation sites (N-methyl/N-ethyl adjacent to an activating group) is 2. The smallest absolute Gasteiger partial charge is 0.409 e. The molecule has 0 radical (unpaired) electrons. The van der Waals surface area contributed by atoms with E-state index >= 15 is 0 Å². The highest BCUT2D eigenvalue weighted by Crippen LogP contribution is 2.24. The Morgan fingerprint density at radius 2 is 1.78 bits per heavy atom. The zero-order valence-corrected chi connectivity index (χ0v) is 17.1. The molecule has 7 heteroatoms. The molecule has 27 heavy (non-hydrogen) atoms. The van der Waals surface area contributed by atoms with E-state index in [-0.39, 0.29) is 18.4 Å². The molecule has 7 nitrogen and oxygen atoms in total.